The molecule has 24 heavy (non-hydrogen) atoms. The molecule has 0 spiro atoms. The van der Waals surface area contributed by atoms with Gasteiger partial charge < -0.3 is 14.0 Å². The van der Waals surface area contributed by atoms with E-state index in [0.29, 0.717) is 11.6 Å². The summed E-state index contributed by atoms with van der Waals surface area (Å²) in [6, 6.07) is 10.6. The summed E-state index contributed by atoms with van der Waals surface area (Å²) in [4.78, 5) is 4.08. The Kier molecular flexibility index (Phi) is 4.69. The lowest BCUT2D eigenvalue weighted by Crippen LogP contribution is -2.00. The summed E-state index contributed by atoms with van der Waals surface area (Å²) >= 11 is 0. The van der Waals surface area contributed by atoms with Gasteiger partial charge in [0, 0.05) is 6.07 Å². The van der Waals surface area contributed by atoms with E-state index >= 15 is 0 Å². The van der Waals surface area contributed by atoms with Crippen LogP contribution in [0.1, 0.15) is 17.3 Å². The van der Waals surface area contributed by atoms with Gasteiger partial charge >= 0.3 is 0 Å². The Morgan fingerprint density at radius 3 is 2.54 bits per heavy atom. The molecule has 0 aliphatic heterocycles. The highest BCUT2D eigenvalue weighted by Gasteiger charge is 2.10. The zero-order chi connectivity index (χ0) is 16.9. The van der Waals surface area contributed by atoms with E-state index in [2.05, 4.69) is 10.1 Å². The molecule has 0 saturated heterocycles. The van der Waals surface area contributed by atoms with Crippen LogP contribution in [0.3, 0.4) is 0 Å². The van der Waals surface area contributed by atoms with Crippen LogP contribution in [0.25, 0.3) is 0 Å². The number of hydrogen-bond donors (Lipinski definition) is 0. The Morgan fingerprint density at radius 2 is 1.79 bits per heavy atom. The van der Waals surface area contributed by atoms with Crippen molar-refractivity contribution in [2.45, 2.75) is 20.1 Å². The van der Waals surface area contributed by atoms with E-state index in [1.807, 2.05) is 31.2 Å². The Bertz CT molecular complexity index is 819. The smallest absolute Gasteiger partial charge is 0.264 e. The molecule has 0 amide bonds. The molecule has 3 aromatic rings. The quantitative estimate of drug-likeness (QED) is 0.687. The first-order valence-electron chi connectivity index (χ1n) is 7.19. The zero-order valence-electron chi connectivity index (χ0n) is 12.8. The van der Waals surface area contributed by atoms with Crippen LogP contribution in [-0.2, 0) is 13.2 Å². The summed E-state index contributed by atoms with van der Waals surface area (Å²) in [5, 5.41) is 3.75. The van der Waals surface area contributed by atoms with Gasteiger partial charge in [0.1, 0.15) is 11.6 Å². The van der Waals surface area contributed by atoms with Gasteiger partial charge in [0.05, 0.1) is 0 Å². The van der Waals surface area contributed by atoms with Crippen molar-refractivity contribution >= 4 is 0 Å². The van der Waals surface area contributed by atoms with Gasteiger partial charge in [-0.05, 0) is 31.2 Å². The minimum Gasteiger partial charge on any atom is -0.485 e. The van der Waals surface area contributed by atoms with E-state index in [0.717, 1.165) is 17.7 Å². The number of ether oxygens (including phenoxy) is 2. The normalized spacial score (nSPS) is 10.6. The van der Waals surface area contributed by atoms with E-state index in [-0.39, 0.29) is 24.9 Å². The minimum atomic E-state index is -0.794. The summed E-state index contributed by atoms with van der Waals surface area (Å²) < 4.78 is 42.0. The van der Waals surface area contributed by atoms with Crippen molar-refractivity contribution in [3.63, 3.8) is 0 Å². The average Bonchev–Trinajstić information content (AvgIpc) is 3.01. The average molecular weight is 332 g/mol. The molecule has 0 N–H and O–H groups in total. The van der Waals surface area contributed by atoms with Crippen LogP contribution in [0.15, 0.2) is 47.0 Å². The molecule has 2 aromatic carbocycles. The summed E-state index contributed by atoms with van der Waals surface area (Å²) in [6.07, 6.45) is 0. The van der Waals surface area contributed by atoms with Crippen LogP contribution in [0.4, 0.5) is 8.78 Å². The first kappa shape index (κ1) is 15.9. The summed E-state index contributed by atoms with van der Waals surface area (Å²) in [5.74, 6) is -0.357. The third-order valence-electron chi connectivity index (χ3n) is 3.14. The standard InChI is InChI=1S/C17H14F2N2O3/c1-11-2-5-13(6-3-11)22-9-16-20-17(24-21-16)10-23-15-7-4-12(18)8-14(15)19/h2-8H,9-10H2,1H3. The van der Waals surface area contributed by atoms with Crippen molar-refractivity contribution in [2.24, 2.45) is 0 Å². The number of aryl methyl sites for hydroxylation is 1. The molecule has 0 aliphatic rings. The predicted molar refractivity (Wildman–Crippen MR) is 80.5 cm³/mol. The maximum Gasteiger partial charge on any atom is 0.264 e. The Labute approximate surface area is 136 Å². The van der Waals surface area contributed by atoms with E-state index < -0.39 is 11.6 Å². The second-order valence-electron chi connectivity index (χ2n) is 5.07. The van der Waals surface area contributed by atoms with Crippen molar-refractivity contribution in [1.82, 2.24) is 10.1 Å². The van der Waals surface area contributed by atoms with Gasteiger partial charge in [-0.3, -0.25) is 0 Å². The van der Waals surface area contributed by atoms with Crippen LogP contribution >= 0.6 is 0 Å². The highest BCUT2D eigenvalue weighted by Crippen LogP contribution is 2.19. The van der Waals surface area contributed by atoms with Crippen molar-refractivity contribution in [3.8, 4) is 11.5 Å². The van der Waals surface area contributed by atoms with Crippen molar-refractivity contribution in [2.75, 3.05) is 0 Å². The molecule has 1 heterocycles. The van der Waals surface area contributed by atoms with E-state index in [1.54, 1.807) is 0 Å². The number of halogens is 2. The Balaban J connectivity index is 1.54. The molecule has 7 heteroatoms. The molecule has 3 rings (SSSR count). The number of nitrogens with zero attached hydrogens (tertiary/aromatic N) is 2. The fourth-order valence-electron chi connectivity index (χ4n) is 1.92. The number of aromatic nitrogens is 2. The van der Waals surface area contributed by atoms with Crippen molar-refractivity contribution < 1.29 is 22.8 Å². The summed E-state index contributed by atoms with van der Waals surface area (Å²) in [6.45, 7) is 2.00. The second kappa shape index (κ2) is 7.08. The molecule has 0 unspecified atom stereocenters. The molecule has 5 nitrogen and oxygen atoms in total. The molecule has 0 bridgehead atoms. The first-order valence-corrected chi connectivity index (χ1v) is 7.19. The van der Waals surface area contributed by atoms with Crippen LogP contribution in [0, 0.1) is 18.6 Å². The SMILES string of the molecule is Cc1ccc(OCc2noc(COc3ccc(F)cc3F)n2)cc1. The number of hydrogen-bond acceptors (Lipinski definition) is 5. The lowest BCUT2D eigenvalue weighted by molar-refractivity contribution is 0.232. The topological polar surface area (TPSA) is 57.4 Å². The fourth-order valence-corrected chi connectivity index (χ4v) is 1.92. The van der Waals surface area contributed by atoms with Gasteiger partial charge in [-0.15, -0.1) is 0 Å². The zero-order valence-corrected chi connectivity index (χ0v) is 12.8. The highest BCUT2D eigenvalue weighted by atomic mass is 19.1. The first-order chi connectivity index (χ1) is 11.6. The minimum absolute atomic E-state index is 0.0907. The molecule has 0 atom stereocenters. The number of rotatable bonds is 6. The van der Waals surface area contributed by atoms with Gasteiger partial charge in [0.25, 0.3) is 5.89 Å². The van der Waals surface area contributed by atoms with Gasteiger partial charge in [-0.1, -0.05) is 22.9 Å². The van der Waals surface area contributed by atoms with Crippen molar-refractivity contribution in [3.05, 3.63) is 71.4 Å². The maximum absolute atomic E-state index is 13.4. The lowest BCUT2D eigenvalue weighted by atomic mass is 10.2. The fraction of sp³-hybridized carbons (Fsp3) is 0.176. The van der Waals surface area contributed by atoms with Crippen molar-refractivity contribution in [1.29, 1.82) is 0 Å². The number of benzene rings is 2. The molecule has 0 saturated carbocycles. The maximum atomic E-state index is 13.4. The highest BCUT2D eigenvalue weighted by molar-refractivity contribution is 5.26. The Hall–Kier alpha value is -2.96. The van der Waals surface area contributed by atoms with E-state index in [9.17, 15) is 8.78 Å². The van der Waals surface area contributed by atoms with Crippen LogP contribution in [0.5, 0.6) is 11.5 Å². The molecule has 0 radical (unpaired) electrons. The summed E-state index contributed by atoms with van der Waals surface area (Å²) in [5.41, 5.74) is 1.13. The van der Waals surface area contributed by atoms with Crippen LogP contribution < -0.4 is 9.47 Å². The summed E-state index contributed by atoms with van der Waals surface area (Å²) in [7, 11) is 0. The predicted octanol–water partition coefficient (Wildman–Crippen LogP) is 3.81. The molecular weight excluding hydrogens is 318 g/mol. The van der Waals surface area contributed by atoms with Gasteiger partial charge in [-0.2, -0.15) is 4.98 Å². The van der Waals surface area contributed by atoms with E-state index in [4.69, 9.17) is 14.0 Å². The molecule has 124 valence electrons. The largest absolute Gasteiger partial charge is 0.485 e. The Morgan fingerprint density at radius 1 is 1.00 bits per heavy atom. The van der Waals surface area contributed by atoms with Crippen LogP contribution in [0.2, 0.25) is 0 Å². The monoisotopic (exact) mass is 332 g/mol. The second-order valence-corrected chi connectivity index (χ2v) is 5.07. The molecule has 0 aliphatic carbocycles. The van der Waals surface area contributed by atoms with Crippen LogP contribution in [-0.4, -0.2) is 10.1 Å². The molecule has 0 fully saturated rings. The van der Waals surface area contributed by atoms with Gasteiger partial charge in [0.15, 0.2) is 24.8 Å². The lowest BCUT2D eigenvalue weighted by Gasteiger charge is -2.04. The van der Waals surface area contributed by atoms with Gasteiger partial charge in [-0.25, -0.2) is 8.78 Å². The molecule has 1 aromatic heterocycles. The third kappa shape index (κ3) is 4.07. The third-order valence-corrected chi connectivity index (χ3v) is 3.14. The molecular formula is C17H14F2N2O3. The van der Waals surface area contributed by atoms with E-state index in [1.165, 1.54) is 6.07 Å². The van der Waals surface area contributed by atoms with Gasteiger partial charge in [0.2, 0.25) is 5.82 Å².